The molecule has 1 aliphatic heterocycles. The molecular weight excluding hydrogens is 698 g/mol. The maximum absolute atomic E-state index is 14.4. The lowest BCUT2D eigenvalue weighted by atomic mass is 9.82. The number of carbonyl (C=O) groups is 1. The Morgan fingerprint density at radius 2 is 2.08 bits per heavy atom. The van der Waals surface area contributed by atoms with Crippen molar-refractivity contribution in [1.29, 1.82) is 5.26 Å². The van der Waals surface area contributed by atoms with Crippen molar-refractivity contribution in [3.05, 3.63) is 111 Å². The highest BCUT2D eigenvalue weighted by Crippen LogP contribution is 2.44. The molecule has 266 valence electrons. The number of amides is 1. The quantitative estimate of drug-likeness (QED) is 0.108. The second-order valence-corrected chi connectivity index (χ2v) is 13.2. The fourth-order valence-electron chi connectivity index (χ4n) is 6.27. The number of ether oxygens (including phenoxy) is 2. The number of hydrogen-bond donors (Lipinski definition) is 4. The topological polar surface area (TPSA) is 155 Å². The van der Waals surface area contributed by atoms with E-state index >= 15 is 0 Å². The summed E-state index contributed by atoms with van der Waals surface area (Å²) in [6.45, 7) is 1.81. The van der Waals surface area contributed by atoms with Gasteiger partial charge in [-0.3, -0.25) is 9.78 Å². The Balaban J connectivity index is 1.39. The smallest absolute Gasteiger partial charge is 0.271 e. The predicted octanol–water partition coefficient (Wildman–Crippen LogP) is 5.08. The maximum atomic E-state index is 14.4. The van der Waals surface area contributed by atoms with Gasteiger partial charge in [-0.2, -0.15) is 5.26 Å². The average molecular weight is 736 g/mol. The lowest BCUT2D eigenvalue weighted by Crippen LogP contribution is -2.52. The van der Waals surface area contributed by atoms with Crippen LogP contribution in [0.1, 0.15) is 50.6 Å². The van der Waals surface area contributed by atoms with Crippen LogP contribution in [0.2, 0.25) is 5.02 Å². The van der Waals surface area contributed by atoms with E-state index in [2.05, 4.69) is 27.0 Å². The number of nitrogens with zero attached hydrogens (tertiary/aromatic N) is 3. The van der Waals surface area contributed by atoms with Gasteiger partial charge in [0, 0.05) is 50.6 Å². The Kier molecular flexibility index (Phi) is 11.8. The highest BCUT2D eigenvalue weighted by atomic mass is 35.5. The largest absolute Gasteiger partial charge is 0.436 e. The third kappa shape index (κ3) is 7.85. The first-order valence-corrected chi connectivity index (χ1v) is 17.3. The molecule has 1 aliphatic carbocycles. The Morgan fingerprint density at radius 3 is 2.84 bits per heavy atom. The summed E-state index contributed by atoms with van der Waals surface area (Å²) < 4.78 is 31.4. The first-order valence-electron chi connectivity index (χ1n) is 16.5. The van der Waals surface area contributed by atoms with Crippen molar-refractivity contribution in [3.63, 3.8) is 0 Å². The van der Waals surface area contributed by atoms with Gasteiger partial charge in [-0.15, -0.1) is 11.6 Å². The highest BCUT2D eigenvalue weighted by Gasteiger charge is 2.47. The number of allylic oxidation sites excluding steroid dienone is 2. The third-order valence-corrected chi connectivity index (χ3v) is 9.82. The molecule has 6 rings (SSSR count). The molecule has 0 saturated carbocycles. The molecule has 4 aromatic rings. The zero-order valence-electron chi connectivity index (χ0n) is 27.8. The molecule has 2 aliphatic rings. The standard InChI is InChI=1S/C37H37Cl2FN6O5/c1-49-20-24-15-32(44-19-25(24)18-42-10-11-47)35(48)46-37(9-4-6-27(34(37)39)26-5-2-3-7-28(26)38)36-45-31-14-22(13-23(16-41)33(31)51-36)17-43-30-8-12-50-21-29(30)40/h2-7,9,13-15,19,29-30,34,42-43,47H,8,10-12,17-18,20-21H2,1H3,(H,46,48)/t29-,30+,34?,37?/m0/s1. The molecule has 1 amide bonds. The minimum absolute atomic E-state index is 0.0207. The minimum Gasteiger partial charge on any atom is -0.436 e. The predicted molar refractivity (Wildman–Crippen MR) is 191 cm³/mol. The lowest BCUT2D eigenvalue weighted by molar-refractivity contribution is 0.0135. The fourth-order valence-corrected chi connectivity index (χ4v) is 6.92. The zero-order chi connectivity index (χ0) is 36.0. The van der Waals surface area contributed by atoms with Crippen LogP contribution in [0, 0.1) is 11.3 Å². The van der Waals surface area contributed by atoms with Gasteiger partial charge in [-0.1, -0.05) is 42.0 Å². The lowest BCUT2D eigenvalue weighted by Gasteiger charge is -2.36. The summed E-state index contributed by atoms with van der Waals surface area (Å²) in [5.74, 6) is -0.528. The number of nitrogens with one attached hydrogen (secondary N) is 3. The van der Waals surface area contributed by atoms with Crippen molar-refractivity contribution in [3.8, 4) is 6.07 Å². The summed E-state index contributed by atoms with van der Waals surface area (Å²) in [6, 6.07) is 14.1. The van der Waals surface area contributed by atoms with E-state index in [9.17, 15) is 19.6 Å². The number of halogens is 3. The van der Waals surface area contributed by atoms with Crippen LogP contribution in [0.25, 0.3) is 16.7 Å². The number of nitriles is 1. The van der Waals surface area contributed by atoms with E-state index in [-0.39, 0.29) is 55.1 Å². The van der Waals surface area contributed by atoms with Gasteiger partial charge < -0.3 is 34.9 Å². The van der Waals surface area contributed by atoms with Gasteiger partial charge in [-0.25, -0.2) is 9.37 Å². The van der Waals surface area contributed by atoms with E-state index in [4.69, 9.17) is 42.1 Å². The Morgan fingerprint density at radius 1 is 1.24 bits per heavy atom. The summed E-state index contributed by atoms with van der Waals surface area (Å²) in [5.41, 5.74) is 2.83. The molecule has 0 spiro atoms. The molecule has 3 heterocycles. The highest BCUT2D eigenvalue weighted by molar-refractivity contribution is 6.34. The van der Waals surface area contributed by atoms with Crippen molar-refractivity contribution in [2.75, 3.05) is 33.5 Å². The number of methoxy groups -OCH3 is 1. The van der Waals surface area contributed by atoms with Crippen LogP contribution >= 0.6 is 23.2 Å². The van der Waals surface area contributed by atoms with E-state index in [1.807, 2.05) is 24.3 Å². The summed E-state index contributed by atoms with van der Waals surface area (Å²) in [7, 11) is 1.56. The zero-order valence-corrected chi connectivity index (χ0v) is 29.3. The van der Waals surface area contributed by atoms with Crippen molar-refractivity contribution >= 4 is 45.8 Å². The molecule has 2 aromatic carbocycles. The number of fused-ring (bicyclic) bond motifs is 1. The summed E-state index contributed by atoms with van der Waals surface area (Å²) >= 11 is 14.0. The van der Waals surface area contributed by atoms with Crippen LogP contribution in [-0.4, -0.2) is 72.0 Å². The van der Waals surface area contributed by atoms with E-state index in [1.165, 1.54) is 0 Å². The Labute approximate surface area is 304 Å². The molecule has 2 aromatic heterocycles. The maximum Gasteiger partial charge on any atom is 0.271 e. The summed E-state index contributed by atoms with van der Waals surface area (Å²) in [6.07, 6.45) is 6.23. The van der Waals surface area contributed by atoms with E-state index in [0.717, 1.165) is 11.1 Å². The molecule has 51 heavy (non-hydrogen) atoms. The summed E-state index contributed by atoms with van der Waals surface area (Å²) in [4.78, 5) is 23.4. The van der Waals surface area contributed by atoms with Crippen LogP contribution in [-0.2, 0) is 34.7 Å². The van der Waals surface area contributed by atoms with E-state index in [0.29, 0.717) is 53.4 Å². The number of carbonyl (C=O) groups excluding carboxylic acids is 1. The molecule has 0 radical (unpaired) electrons. The van der Waals surface area contributed by atoms with Gasteiger partial charge in [0.1, 0.15) is 23.5 Å². The van der Waals surface area contributed by atoms with Crippen molar-refractivity contribution < 1.29 is 28.2 Å². The van der Waals surface area contributed by atoms with Gasteiger partial charge in [0.15, 0.2) is 11.1 Å². The summed E-state index contributed by atoms with van der Waals surface area (Å²) in [5, 5.41) is 28.2. The van der Waals surface area contributed by atoms with Crippen molar-refractivity contribution in [2.45, 2.75) is 49.2 Å². The van der Waals surface area contributed by atoms with Gasteiger partial charge in [0.2, 0.25) is 5.89 Å². The SMILES string of the molecule is COCc1cc(C(=O)NC2(c3nc4cc(CN[C@@H]5CCOC[C@@H]5F)cc(C#N)c4o3)C=CC=C(c3ccccc3Cl)C2Cl)ncc1CNCCO. The molecule has 4 N–H and O–H groups in total. The molecule has 14 heteroatoms. The third-order valence-electron chi connectivity index (χ3n) is 8.91. The van der Waals surface area contributed by atoms with Gasteiger partial charge in [0.05, 0.1) is 30.8 Å². The number of aliphatic hydroxyl groups excluding tert-OH is 1. The number of hydrogen-bond acceptors (Lipinski definition) is 10. The average Bonchev–Trinajstić information content (AvgIpc) is 3.58. The minimum atomic E-state index is -1.57. The number of aliphatic hydroxyl groups is 1. The molecule has 1 fully saturated rings. The van der Waals surface area contributed by atoms with Crippen molar-refractivity contribution in [2.24, 2.45) is 0 Å². The molecule has 2 unspecified atom stereocenters. The fraction of sp³-hybridized carbons (Fsp3) is 0.351. The monoisotopic (exact) mass is 734 g/mol. The second-order valence-electron chi connectivity index (χ2n) is 12.3. The Bertz CT molecular complexity index is 2000. The van der Waals surface area contributed by atoms with Crippen LogP contribution in [0.5, 0.6) is 0 Å². The van der Waals surface area contributed by atoms with Crippen LogP contribution in [0.15, 0.2) is 71.3 Å². The first-order chi connectivity index (χ1) is 24.8. The number of benzene rings is 2. The normalized spacial score (nSPS) is 21.7. The number of pyridine rings is 1. The molecule has 0 bridgehead atoms. The Hall–Kier alpha value is -4.19. The number of oxazole rings is 1. The van der Waals surface area contributed by atoms with Gasteiger partial charge in [-0.05, 0) is 64.6 Å². The van der Waals surface area contributed by atoms with E-state index in [1.54, 1.807) is 49.7 Å². The van der Waals surface area contributed by atoms with Crippen LogP contribution < -0.4 is 16.0 Å². The number of rotatable bonds is 13. The van der Waals surface area contributed by atoms with Crippen molar-refractivity contribution in [1.82, 2.24) is 25.9 Å². The molecular formula is C37H37Cl2FN6O5. The molecule has 4 atom stereocenters. The first kappa shape index (κ1) is 36.6. The van der Waals surface area contributed by atoms with Crippen LogP contribution in [0.3, 0.4) is 0 Å². The second kappa shape index (κ2) is 16.4. The number of aromatic nitrogens is 2. The van der Waals surface area contributed by atoms with Gasteiger partial charge in [0.25, 0.3) is 5.91 Å². The van der Waals surface area contributed by atoms with Gasteiger partial charge >= 0.3 is 0 Å². The van der Waals surface area contributed by atoms with Crippen LogP contribution in [0.4, 0.5) is 4.39 Å². The molecule has 11 nitrogen and oxygen atoms in total. The van der Waals surface area contributed by atoms with E-state index < -0.39 is 23.0 Å². The number of alkyl halides is 2. The molecule has 1 saturated heterocycles.